The maximum Gasteiger partial charge on any atom is 0.245 e. The van der Waals surface area contributed by atoms with Crippen LogP contribution in [0.5, 0.6) is 0 Å². The molecule has 0 saturated heterocycles. The topological polar surface area (TPSA) is 130 Å². The van der Waals surface area contributed by atoms with Crippen molar-refractivity contribution in [3.05, 3.63) is 40.6 Å². The van der Waals surface area contributed by atoms with Gasteiger partial charge in [-0.2, -0.15) is 5.26 Å². The number of methoxy groups -OCH3 is 1. The van der Waals surface area contributed by atoms with Gasteiger partial charge in [-0.1, -0.05) is 0 Å². The van der Waals surface area contributed by atoms with E-state index in [1.807, 2.05) is 30.2 Å². The summed E-state index contributed by atoms with van der Waals surface area (Å²) >= 11 is 0. The van der Waals surface area contributed by atoms with Crippen LogP contribution < -0.4 is 15.4 Å². The molecule has 1 aliphatic heterocycles. The summed E-state index contributed by atoms with van der Waals surface area (Å²) in [5.41, 5.74) is 3.88. The number of amides is 1. The monoisotopic (exact) mass is 459 g/mol. The predicted molar refractivity (Wildman–Crippen MR) is 122 cm³/mol. The Balaban J connectivity index is 1.83. The lowest BCUT2D eigenvalue weighted by atomic mass is 10.1. The molecule has 2 heterocycles. The Kier molecular flexibility index (Phi) is 6.93. The SMILES string of the molecule is COCCCn1c(C)c(C)c(C#N)c1NC(=O)CN1c2ccc(S(N)(=O)=O)cc2C[C@@H]1C. The summed E-state index contributed by atoms with van der Waals surface area (Å²) in [6.45, 7) is 7.06. The number of aromatic nitrogens is 1. The van der Waals surface area contributed by atoms with Crippen LogP contribution in [0.15, 0.2) is 23.1 Å². The van der Waals surface area contributed by atoms with Gasteiger partial charge in [-0.05, 0) is 62.9 Å². The van der Waals surface area contributed by atoms with Crippen molar-refractivity contribution < 1.29 is 17.9 Å². The average molecular weight is 460 g/mol. The fraction of sp³-hybridized carbons (Fsp3) is 0.455. The quantitative estimate of drug-likeness (QED) is 0.581. The van der Waals surface area contributed by atoms with Crippen molar-refractivity contribution in [1.82, 2.24) is 4.57 Å². The molecule has 1 aromatic carbocycles. The first-order valence-corrected chi connectivity index (χ1v) is 11.9. The van der Waals surface area contributed by atoms with Crippen molar-refractivity contribution in [2.45, 2.75) is 51.1 Å². The summed E-state index contributed by atoms with van der Waals surface area (Å²) in [7, 11) is -2.15. The third-order valence-corrected chi connectivity index (χ3v) is 6.89. The van der Waals surface area contributed by atoms with Crippen LogP contribution in [0.25, 0.3) is 0 Å². The minimum atomic E-state index is -3.79. The summed E-state index contributed by atoms with van der Waals surface area (Å²) in [5, 5.41) is 17.8. The third-order valence-electron chi connectivity index (χ3n) is 5.98. The molecule has 0 unspecified atom stereocenters. The van der Waals surface area contributed by atoms with Gasteiger partial charge in [-0.3, -0.25) is 4.79 Å². The number of hydrogen-bond acceptors (Lipinski definition) is 6. The number of nitrogens with two attached hydrogens (primary N) is 1. The van der Waals surface area contributed by atoms with Gasteiger partial charge in [0.2, 0.25) is 15.9 Å². The number of nitrogens with one attached hydrogen (secondary N) is 1. The van der Waals surface area contributed by atoms with Gasteiger partial charge >= 0.3 is 0 Å². The van der Waals surface area contributed by atoms with Crippen molar-refractivity contribution in [3.63, 3.8) is 0 Å². The number of fused-ring (bicyclic) bond motifs is 1. The largest absolute Gasteiger partial charge is 0.385 e. The maximum absolute atomic E-state index is 13.0. The number of hydrogen-bond donors (Lipinski definition) is 2. The van der Waals surface area contributed by atoms with Gasteiger partial charge in [0.1, 0.15) is 11.9 Å². The van der Waals surface area contributed by atoms with E-state index in [2.05, 4.69) is 11.4 Å². The smallest absolute Gasteiger partial charge is 0.245 e. The molecule has 9 nitrogen and oxygen atoms in total. The summed E-state index contributed by atoms with van der Waals surface area (Å²) in [5.74, 6) is 0.252. The number of carbonyl (C=O) groups is 1. The van der Waals surface area contributed by atoms with E-state index in [0.717, 1.165) is 28.9 Å². The highest BCUT2D eigenvalue weighted by Gasteiger charge is 2.29. The van der Waals surface area contributed by atoms with Crippen molar-refractivity contribution in [2.75, 3.05) is 30.5 Å². The second kappa shape index (κ2) is 9.32. The van der Waals surface area contributed by atoms with Crippen LogP contribution in [0.1, 0.15) is 35.7 Å². The molecule has 0 aliphatic carbocycles. The number of nitriles is 1. The number of ether oxygens (including phenoxy) is 1. The average Bonchev–Trinajstić information content (AvgIpc) is 3.15. The Morgan fingerprint density at radius 3 is 2.72 bits per heavy atom. The Hall–Kier alpha value is -2.87. The number of benzene rings is 1. The standard InChI is InChI=1S/C22H29N5O4S/c1-14-10-17-11-18(32(24,29)30)6-7-20(17)27(14)13-21(28)25-22-19(12-23)15(2)16(3)26(22)8-5-9-31-4/h6-7,11,14H,5,8-10,13H2,1-4H3,(H,25,28)(H2,24,29,30)/t14-/m0/s1. The van der Waals surface area contributed by atoms with E-state index in [1.54, 1.807) is 19.2 Å². The van der Waals surface area contributed by atoms with Gasteiger partial charge in [-0.15, -0.1) is 0 Å². The van der Waals surface area contributed by atoms with Gasteiger partial charge < -0.3 is 19.5 Å². The number of primary sulfonamides is 1. The predicted octanol–water partition coefficient (Wildman–Crippen LogP) is 2.05. The molecule has 1 aromatic heterocycles. The number of sulfonamides is 1. The summed E-state index contributed by atoms with van der Waals surface area (Å²) in [6, 6.07) is 6.94. The van der Waals surface area contributed by atoms with Crippen LogP contribution in [0.4, 0.5) is 11.5 Å². The molecule has 0 radical (unpaired) electrons. The molecular weight excluding hydrogens is 430 g/mol. The molecule has 0 saturated carbocycles. The van der Waals surface area contributed by atoms with E-state index in [9.17, 15) is 18.5 Å². The fourth-order valence-electron chi connectivity index (χ4n) is 4.19. The van der Waals surface area contributed by atoms with E-state index in [1.165, 1.54) is 6.07 Å². The molecule has 2 aromatic rings. The van der Waals surface area contributed by atoms with Gasteiger partial charge in [0, 0.05) is 37.7 Å². The van der Waals surface area contributed by atoms with Crippen molar-refractivity contribution in [1.29, 1.82) is 5.26 Å². The molecule has 10 heteroatoms. The molecular formula is C22H29N5O4S. The highest BCUT2D eigenvalue weighted by Crippen LogP contribution is 2.34. The zero-order chi connectivity index (χ0) is 23.6. The van der Waals surface area contributed by atoms with E-state index < -0.39 is 10.0 Å². The minimum absolute atomic E-state index is 0.0128. The third kappa shape index (κ3) is 4.65. The summed E-state index contributed by atoms with van der Waals surface area (Å²) in [6.07, 6.45) is 1.36. The normalized spacial score (nSPS) is 15.5. The molecule has 1 amide bonds. The fourth-order valence-corrected chi connectivity index (χ4v) is 4.76. The van der Waals surface area contributed by atoms with Crippen molar-refractivity contribution in [2.24, 2.45) is 5.14 Å². The van der Waals surface area contributed by atoms with E-state index >= 15 is 0 Å². The number of nitrogens with zero attached hydrogens (tertiary/aromatic N) is 3. The lowest BCUT2D eigenvalue weighted by molar-refractivity contribution is -0.115. The first kappa shape index (κ1) is 23.8. The number of anilines is 2. The molecule has 3 rings (SSSR count). The zero-order valence-electron chi connectivity index (χ0n) is 18.8. The Morgan fingerprint density at radius 1 is 1.38 bits per heavy atom. The number of rotatable bonds is 8. The number of carbonyl (C=O) groups excluding carboxylic acids is 1. The Bertz CT molecular complexity index is 1180. The van der Waals surface area contributed by atoms with Crippen LogP contribution in [0.2, 0.25) is 0 Å². The van der Waals surface area contributed by atoms with Gasteiger partial charge in [0.15, 0.2) is 0 Å². The highest BCUT2D eigenvalue weighted by molar-refractivity contribution is 7.89. The highest BCUT2D eigenvalue weighted by atomic mass is 32.2. The first-order valence-electron chi connectivity index (χ1n) is 10.4. The molecule has 1 atom stereocenters. The lowest BCUT2D eigenvalue weighted by Crippen LogP contribution is -2.37. The van der Waals surface area contributed by atoms with Crippen LogP contribution >= 0.6 is 0 Å². The van der Waals surface area contributed by atoms with Gasteiger partial charge in [-0.25, -0.2) is 13.6 Å². The molecule has 0 bridgehead atoms. The second-order valence-electron chi connectivity index (χ2n) is 8.11. The van der Waals surface area contributed by atoms with Crippen LogP contribution in [-0.2, 0) is 32.5 Å². The maximum atomic E-state index is 13.0. The van der Waals surface area contributed by atoms with Crippen molar-refractivity contribution in [3.8, 4) is 6.07 Å². The Labute approximate surface area is 188 Å². The van der Waals surface area contributed by atoms with Gasteiger partial charge in [0.25, 0.3) is 0 Å². The second-order valence-corrected chi connectivity index (χ2v) is 9.67. The lowest BCUT2D eigenvalue weighted by Gasteiger charge is -2.24. The van der Waals surface area contributed by atoms with Crippen LogP contribution in [0.3, 0.4) is 0 Å². The molecule has 1 aliphatic rings. The van der Waals surface area contributed by atoms with Gasteiger partial charge in [0.05, 0.1) is 17.0 Å². The summed E-state index contributed by atoms with van der Waals surface area (Å²) in [4.78, 5) is 15.0. The molecule has 32 heavy (non-hydrogen) atoms. The molecule has 172 valence electrons. The van der Waals surface area contributed by atoms with E-state index in [0.29, 0.717) is 31.0 Å². The van der Waals surface area contributed by atoms with E-state index in [-0.39, 0.29) is 23.4 Å². The Morgan fingerprint density at radius 2 is 2.09 bits per heavy atom. The minimum Gasteiger partial charge on any atom is -0.385 e. The van der Waals surface area contributed by atoms with Crippen molar-refractivity contribution >= 4 is 27.4 Å². The van der Waals surface area contributed by atoms with Crippen LogP contribution in [0, 0.1) is 25.2 Å². The summed E-state index contributed by atoms with van der Waals surface area (Å²) < 4.78 is 30.4. The molecule has 0 spiro atoms. The van der Waals surface area contributed by atoms with Crippen LogP contribution in [-0.4, -0.2) is 45.2 Å². The zero-order valence-corrected chi connectivity index (χ0v) is 19.6. The molecule has 0 fully saturated rings. The van der Waals surface area contributed by atoms with E-state index in [4.69, 9.17) is 9.88 Å². The molecule has 3 N–H and O–H groups in total. The first-order chi connectivity index (χ1) is 15.1.